The number of hydrazine groups is 1. The van der Waals surface area contributed by atoms with Crippen molar-refractivity contribution in [2.45, 2.75) is 13.0 Å². The molecule has 1 aromatic heterocycles. The summed E-state index contributed by atoms with van der Waals surface area (Å²) in [6, 6.07) is 18.3. The average molecular weight is 457 g/mol. The molecule has 0 fully saturated rings. The third-order valence-electron chi connectivity index (χ3n) is 3.81. The van der Waals surface area contributed by atoms with Crippen molar-refractivity contribution in [3.63, 3.8) is 0 Å². The van der Waals surface area contributed by atoms with E-state index < -0.39 is 17.9 Å². The molecule has 0 spiro atoms. The van der Waals surface area contributed by atoms with Gasteiger partial charge in [-0.25, -0.2) is 0 Å². The Hall–Kier alpha value is -3.46. The number of para-hydroxylation sites is 1. The van der Waals surface area contributed by atoms with E-state index in [4.69, 9.17) is 4.74 Å². The maximum absolute atomic E-state index is 12.3. The Balaban J connectivity index is 1.63. The molecule has 3 aromatic rings. The van der Waals surface area contributed by atoms with Crippen LogP contribution in [0.15, 0.2) is 76.0 Å². The molecule has 29 heavy (non-hydrogen) atoms. The quantitative estimate of drug-likeness (QED) is 0.573. The Morgan fingerprint density at radius 2 is 1.79 bits per heavy atom. The summed E-state index contributed by atoms with van der Waals surface area (Å²) in [5.74, 6) is -0.711. The van der Waals surface area contributed by atoms with Gasteiger partial charge in [0.05, 0.1) is 5.69 Å². The fourth-order valence-corrected chi connectivity index (χ4v) is 2.75. The summed E-state index contributed by atoms with van der Waals surface area (Å²) < 4.78 is 7.46. The van der Waals surface area contributed by atoms with E-state index in [-0.39, 0.29) is 11.3 Å². The summed E-state index contributed by atoms with van der Waals surface area (Å²) in [5, 5.41) is 4.05. The highest BCUT2D eigenvalue weighted by molar-refractivity contribution is 9.10. The number of benzene rings is 2. The lowest BCUT2D eigenvalue weighted by Crippen LogP contribution is -2.47. The predicted molar refractivity (Wildman–Crippen MR) is 110 cm³/mol. The normalized spacial score (nSPS) is 11.4. The van der Waals surface area contributed by atoms with E-state index in [9.17, 15) is 14.4 Å². The van der Waals surface area contributed by atoms with Crippen LogP contribution in [0.5, 0.6) is 5.75 Å². The number of carbonyl (C=O) groups is 2. The van der Waals surface area contributed by atoms with Crippen molar-refractivity contribution in [2.24, 2.45) is 0 Å². The number of carbonyl (C=O) groups excluding carboxylic acids is 2. The van der Waals surface area contributed by atoms with Gasteiger partial charge in [-0.15, -0.1) is 0 Å². The maximum Gasteiger partial charge on any atom is 0.290 e. The second-order valence-corrected chi connectivity index (χ2v) is 6.88. The number of amides is 2. The Labute approximate surface area is 174 Å². The molecule has 148 valence electrons. The van der Waals surface area contributed by atoms with Crippen molar-refractivity contribution in [3.05, 3.63) is 87.3 Å². The van der Waals surface area contributed by atoms with Gasteiger partial charge in [0.15, 0.2) is 11.8 Å². The van der Waals surface area contributed by atoms with E-state index in [0.717, 1.165) is 9.15 Å². The second kappa shape index (κ2) is 9.16. The minimum absolute atomic E-state index is 0.0330. The van der Waals surface area contributed by atoms with Crippen molar-refractivity contribution in [1.82, 2.24) is 20.6 Å². The number of aromatic nitrogens is 2. The molecule has 0 bridgehead atoms. The van der Waals surface area contributed by atoms with Crippen LogP contribution in [0.2, 0.25) is 0 Å². The molecule has 8 nitrogen and oxygen atoms in total. The predicted octanol–water partition coefficient (Wildman–Crippen LogP) is 2.22. The average Bonchev–Trinajstić information content (AvgIpc) is 2.72. The molecule has 0 saturated carbocycles. The standard InChI is InChI=1S/C20H17BrN4O4/c1-13(29-16-9-5-6-14(21)12-16)19(27)22-23-20(28)17-10-11-18(26)25(24-17)15-7-3-2-4-8-15/h2-13H,1H3,(H,22,27)(H,23,28). The van der Waals surface area contributed by atoms with Gasteiger partial charge in [-0.05, 0) is 43.3 Å². The highest BCUT2D eigenvalue weighted by Gasteiger charge is 2.17. The molecule has 0 aliphatic heterocycles. The SMILES string of the molecule is CC(Oc1cccc(Br)c1)C(=O)NNC(=O)c1ccc(=O)n(-c2ccccc2)n1. The van der Waals surface area contributed by atoms with Gasteiger partial charge in [0.2, 0.25) is 0 Å². The molecule has 1 unspecified atom stereocenters. The lowest BCUT2D eigenvalue weighted by molar-refractivity contribution is -0.128. The van der Waals surface area contributed by atoms with E-state index >= 15 is 0 Å². The Kier molecular flexibility index (Phi) is 6.40. The monoisotopic (exact) mass is 456 g/mol. The van der Waals surface area contributed by atoms with Crippen molar-refractivity contribution < 1.29 is 14.3 Å². The third-order valence-corrected chi connectivity index (χ3v) is 4.30. The number of halogens is 1. The summed E-state index contributed by atoms with van der Waals surface area (Å²) in [6.45, 7) is 1.55. The number of hydrogen-bond donors (Lipinski definition) is 2. The third kappa shape index (κ3) is 5.29. The molecule has 0 aliphatic carbocycles. The Morgan fingerprint density at radius 1 is 1.03 bits per heavy atom. The van der Waals surface area contributed by atoms with Crippen LogP contribution in [0.4, 0.5) is 0 Å². The van der Waals surface area contributed by atoms with Gasteiger partial charge >= 0.3 is 0 Å². The second-order valence-electron chi connectivity index (χ2n) is 5.96. The minimum Gasteiger partial charge on any atom is -0.481 e. The maximum atomic E-state index is 12.3. The van der Waals surface area contributed by atoms with Crippen LogP contribution in [-0.4, -0.2) is 27.7 Å². The van der Waals surface area contributed by atoms with Gasteiger partial charge in [0.25, 0.3) is 17.4 Å². The largest absolute Gasteiger partial charge is 0.481 e. The zero-order chi connectivity index (χ0) is 20.8. The molecular weight excluding hydrogens is 440 g/mol. The summed E-state index contributed by atoms with van der Waals surface area (Å²) in [4.78, 5) is 36.5. The first-order chi connectivity index (χ1) is 13.9. The zero-order valence-electron chi connectivity index (χ0n) is 15.3. The van der Waals surface area contributed by atoms with E-state index in [1.54, 1.807) is 55.5 Å². The van der Waals surface area contributed by atoms with Gasteiger partial charge in [-0.2, -0.15) is 9.78 Å². The first-order valence-electron chi connectivity index (χ1n) is 8.62. The van der Waals surface area contributed by atoms with Crippen molar-refractivity contribution in [1.29, 1.82) is 0 Å². The molecule has 1 heterocycles. The lowest BCUT2D eigenvalue weighted by Gasteiger charge is -2.15. The van der Waals surface area contributed by atoms with Crippen LogP contribution in [-0.2, 0) is 4.79 Å². The van der Waals surface area contributed by atoms with E-state index in [1.165, 1.54) is 12.1 Å². The minimum atomic E-state index is -0.851. The van der Waals surface area contributed by atoms with Crippen LogP contribution >= 0.6 is 15.9 Å². The van der Waals surface area contributed by atoms with Crippen molar-refractivity contribution in [3.8, 4) is 11.4 Å². The fraction of sp³-hybridized carbons (Fsp3) is 0.100. The fourth-order valence-electron chi connectivity index (χ4n) is 2.37. The molecule has 0 aliphatic rings. The first kappa shape index (κ1) is 20.3. The van der Waals surface area contributed by atoms with Gasteiger partial charge in [-0.3, -0.25) is 25.2 Å². The molecule has 1 atom stereocenters. The van der Waals surface area contributed by atoms with Crippen LogP contribution in [0.1, 0.15) is 17.4 Å². The van der Waals surface area contributed by atoms with Crippen molar-refractivity contribution >= 4 is 27.7 Å². The van der Waals surface area contributed by atoms with Gasteiger partial charge < -0.3 is 4.74 Å². The topological polar surface area (TPSA) is 102 Å². The number of ether oxygens (including phenoxy) is 1. The molecule has 2 amide bonds. The number of nitrogens with zero attached hydrogens (tertiary/aromatic N) is 2. The number of nitrogens with one attached hydrogen (secondary N) is 2. The summed E-state index contributed by atoms with van der Waals surface area (Å²) >= 11 is 3.32. The molecule has 2 N–H and O–H groups in total. The van der Waals surface area contributed by atoms with Crippen molar-refractivity contribution in [2.75, 3.05) is 0 Å². The van der Waals surface area contributed by atoms with E-state index in [1.807, 2.05) is 6.07 Å². The van der Waals surface area contributed by atoms with Gasteiger partial charge in [-0.1, -0.05) is 40.2 Å². The summed E-state index contributed by atoms with van der Waals surface area (Å²) in [7, 11) is 0. The van der Waals surface area contributed by atoms with E-state index in [2.05, 4.69) is 31.9 Å². The molecule has 0 saturated heterocycles. The van der Waals surface area contributed by atoms with Crippen LogP contribution in [0.25, 0.3) is 5.69 Å². The van der Waals surface area contributed by atoms with E-state index in [0.29, 0.717) is 11.4 Å². The number of hydrogen-bond acceptors (Lipinski definition) is 5. The Bertz CT molecular complexity index is 1090. The summed E-state index contributed by atoms with van der Waals surface area (Å²) in [5.41, 5.74) is 4.66. The molecule has 2 aromatic carbocycles. The molecule has 0 radical (unpaired) electrons. The smallest absolute Gasteiger partial charge is 0.290 e. The highest BCUT2D eigenvalue weighted by Crippen LogP contribution is 2.18. The van der Waals surface area contributed by atoms with Crippen LogP contribution in [0.3, 0.4) is 0 Å². The highest BCUT2D eigenvalue weighted by atomic mass is 79.9. The lowest BCUT2D eigenvalue weighted by atomic mass is 10.3. The van der Waals surface area contributed by atoms with Crippen LogP contribution < -0.4 is 21.1 Å². The zero-order valence-corrected chi connectivity index (χ0v) is 16.9. The molecule has 9 heteroatoms. The first-order valence-corrected chi connectivity index (χ1v) is 9.41. The Morgan fingerprint density at radius 3 is 2.52 bits per heavy atom. The van der Waals surface area contributed by atoms with Gasteiger partial charge in [0, 0.05) is 10.5 Å². The number of rotatable bonds is 5. The molecule has 3 rings (SSSR count). The summed E-state index contributed by atoms with van der Waals surface area (Å²) in [6.07, 6.45) is -0.851. The molecular formula is C20H17BrN4O4. The van der Waals surface area contributed by atoms with Crippen LogP contribution in [0, 0.1) is 0 Å². The van der Waals surface area contributed by atoms with Gasteiger partial charge in [0.1, 0.15) is 5.75 Å².